The molecule has 1 aromatic carbocycles. The fourth-order valence-electron chi connectivity index (χ4n) is 4.10. The molecule has 2 aromatic rings. The summed E-state index contributed by atoms with van der Waals surface area (Å²) < 4.78 is 0. The number of carbonyl (C=O) groups excluding carboxylic acids is 1. The lowest BCUT2D eigenvalue weighted by atomic mass is 9.92. The van der Waals surface area contributed by atoms with Crippen LogP contribution in [-0.4, -0.2) is 42.0 Å². The zero-order chi connectivity index (χ0) is 18.1. The summed E-state index contributed by atoms with van der Waals surface area (Å²) >= 11 is 1.56. The summed E-state index contributed by atoms with van der Waals surface area (Å²) in [6, 6.07) is 8.54. The molecule has 0 saturated carbocycles. The molecule has 2 fully saturated rings. The van der Waals surface area contributed by atoms with Gasteiger partial charge in [-0.25, -0.2) is 4.98 Å². The Morgan fingerprint density at radius 2 is 1.81 bits per heavy atom. The molecule has 2 aliphatic heterocycles. The average molecular weight is 370 g/mol. The number of hydrogen-bond donors (Lipinski definition) is 1. The van der Waals surface area contributed by atoms with E-state index in [4.69, 9.17) is 0 Å². The summed E-state index contributed by atoms with van der Waals surface area (Å²) in [7, 11) is 0. The van der Waals surface area contributed by atoms with Gasteiger partial charge in [-0.2, -0.15) is 0 Å². The number of nitrogens with one attached hydrogen (secondary N) is 1. The summed E-state index contributed by atoms with van der Waals surface area (Å²) in [5.74, 6) is 2.09. The van der Waals surface area contributed by atoms with E-state index >= 15 is 0 Å². The third-order valence-corrected chi connectivity index (χ3v) is 6.75. The van der Waals surface area contributed by atoms with Crippen LogP contribution < -0.4 is 5.32 Å². The van der Waals surface area contributed by atoms with E-state index in [1.807, 2.05) is 10.3 Å². The highest BCUT2D eigenvalue weighted by Gasteiger charge is 2.32. The molecule has 0 spiro atoms. The molecule has 4 rings (SSSR count). The van der Waals surface area contributed by atoms with Crippen molar-refractivity contribution in [1.29, 1.82) is 0 Å². The summed E-state index contributed by atoms with van der Waals surface area (Å²) in [4.78, 5) is 19.6. The predicted molar refractivity (Wildman–Crippen MR) is 107 cm³/mol. The standard InChI is InChI=1S/C21H27N3OS/c1-14(2)15-3-5-16(6-4-15)20-23-19(13-26-20)21(25)24-9-7-17-11-22-12-18(17)8-10-24/h3-6,13-14,17-18,22H,7-12H2,1-2H3/t17-,18+. The summed E-state index contributed by atoms with van der Waals surface area (Å²) in [5, 5.41) is 6.33. The molecule has 0 unspecified atom stereocenters. The Morgan fingerprint density at radius 1 is 1.15 bits per heavy atom. The van der Waals surface area contributed by atoms with Crippen molar-refractivity contribution >= 4 is 17.2 Å². The molecule has 0 aliphatic carbocycles. The van der Waals surface area contributed by atoms with E-state index in [9.17, 15) is 4.79 Å². The topological polar surface area (TPSA) is 45.2 Å². The van der Waals surface area contributed by atoms with Crippen molar-refractivity contribution in [3.63, 3.8) is 0 Å². The molecule has 2 atom stereocenters. The first-order valence-corrected chi connectivity index (χ1v) is 10.6. The number of carbonyl (C=O) groups is 1. The van der Waals surface area contributed by atoms with Crippen LogP contribution in [0.4, 0.5) is 0 Å². The van der Waals surface area contributed by atoms with Crippen LogP contribution in [-0.2, 0) is 0 Å². The normalized spacial score (nSPS) is 23.1. The van der Waals surface area contributed by atoms with Crippen molar-refractivity contribution in [3.8, 4) is 10.6 Å². The van der Waals surface area contributed by atoms with E-state index in [0.29, 0.717) is 11.6 Å². The number of amides is 1. The Kier molecular flexibility index (Phi) is 5.09. The van der Waals surface area contributed by atoms with Gasteiger partial charge in [0.25, 0.3) is 5.91 Å². The van der Waals surface area contributed by atoms with Crippen molar-refractivity contribution in [2.75, 3.05) is 26.2 Å². The lowest BCUT2D eigenvalue weighted by molar-refractivity contribution is 0.0753. The van der Waals surface area contributed by atoms with E-state index in [0.717, 1.165) is 61.4 Å². The van der Waals surface area contributed by atoms with Gasteiger partial charge in [-0.15, -0.1) is 11.3 Å². The fourth-order valence-corrected chi connectivity index (χ4v) is 4.90. The molecule has 1 amide bonds. The maximum absolute atomic E-state index is 12.9. The van der Waals surface area contributed by atoms with E-state index in [1.165, 1.54) is 5.56 Å². The van der Waals surface area contributed by atoms with Gasteiger partial charge in [-0.1, -0.05) is 38.1 Å². The lowest BCUT2D eigenvalue weighted by Crippen LogP contribution is -2.33. The highest BCUT2D eigenvalue weighted by Crippen LogP contribution is 2.29. The molecule has 138 valence electrons. The molecular weight excluding hydrogens is 342 g/mol. The van der Waals surface area contributed by atoms with Gasteiger partial charge in [0, 0.05) is 24.0 Å². The van der Waals surface area contributed by atoms with Crippen molar-refractivity contribution in [3.05, 3.63) is 40.9 Å². The van der Waals surface area contributed by atoms with Crippen molar-refractivity contribution < 1.29 is 4.79 Å². The molecule has 1 aromatic heterocycles. The number of benzene rings is 1. The van der Waals surface area contributed by atoms with Crippen LogP contribution in [0.3, 0.4) is 0 Å². The summed E-state index contributed by atoms with van der Waals surface area (Å²) in [6.07, 6.45) is 2.22. The van der Waals surface area contributed by atoms with Crippen LogP contribution in [0.25, 0.3) is 10.6 Å². The minimum atomic E-state index is 0.0965. The van der Waals surface area contributed by atoms with Gasteiger partial charge in [0.2, 0.25) is 0 Å². The number of likely N-dealkylation sites (tertiary alicyclic amines) is 1. The van der Waals surface area contributed by atoms with Gasteiger partial charge in [0.15, 0.2) is 0 Å². The first-order valence-electron chi connectivity index (χ1n) is 9.67. The van der Waals surface area contributed by atoms with E-state index in [1.54, 1.807) is 11.3 Å². The Labute approximate surface area is 159 Å². The zero-order valence-corrected chi connectivity index (χ0v) is 16.4. The van der Waals surface area contributed by atoms with Crippen LogP contribution in [0.2, 0.25) is 0 Å². The highest BCUT2D eigenvalue weighted by molar-refractivity contribution is 7.13. The Hall–Kier alpha value is -1.72. The SMILES string of the molecule is CC(C)c1ccc(-c2nc(C(=O)N3CC[C@@H]4CNC[C@@H]4CC3)cs2)cc1. The van der Waals surface area contributed by atoms with Gasteiger partial charge in [-0.05, 0) is 49.2 Å². The molecule has 3 heterocycles. The van der Waals surface area contributed by atoms with Crippen molar-refractivity contribution in [2.45, 2.75) is 32.6 Å². The molecule has 0 bridgehead atoms. The zero-order valence-electron chi connectivity index (χ0n) is 15.6. The van der Waals surface area contributed by atoms with Gasteiger partial charge < -0.3 is 10.2 Å². The second-order valence-corrected chi connectivity index (χ2v) is 8.72. The summed E-state index contributed by atoms with van der Waals surface area (Å²) in [6.45, 7) is 8.33. The maximum atomic E-state index is 12.9. The van der Waals surface area contributed by atoms with E-state index in [-0.39, 0.29) is 5.91 Å². The third kappa shape index (κ3) is 3.55. The quantitative estimate of drug-likeness (QED) is 0.889. The second-order valence-electron chi connectivity index (χ2n) is 7.86. The number of aromatic nitrogens is 1. The number of fused-ring (bicyclic) bond motifs is 1. The molecule has 0 radical (unpaired) electrons. The predicted octanol–water partition coefficient (Wildman–Crippen LogP) is 4.01. The number of thiazole rings is 1. The average Bonchev–Trinajstić information content (AvgIpc) is 3.27. The van der Waals surface area contributed by atoms with Gasteiger partial charge >= 0.3 is 0 Å². The molecule has 1 N–H and O–H groups in total. The van der Waals surface area contributed by atoms with E-state index in [2.05, 4.69) is 48.4 Å². The van der Waals surface area contributed by atoms with Gasteiger partial charge in [0.1, 0.15) is 10.7 Å². The number of rotatable bonds is 3. The highest BCUT2D eigenvalue weighted by atomic mass is 32.1. The molecule has 5 heteroatoms. The van der Waals surface area contributed by atoms with Crippen LogP contribution in [0, 0.1) is 11.8 Å². The lowest BCUT2D eigenvalue weighted by Gasteiger charge is -2.19. The largest absolute Gasteiger partial charge is 0.337 e. The minimum absolute atomic E-state index is 0.0965. The molecule has 2 saturated heterocycles. The van der Waals surface area contributed by atoms with Crippen molar-refractivity contribution in [2.24, 2.45) is 11.8 Å². The smallest absolute Gasteiger partial charge is 0.273 e. The third-order valence-electron chi connectivity index (χ3n) is 5.85. The van der Waals surface area contributed by atoms with Crippen molar-refractivity contribution in [1.82, 2.24) is 15.2 Å². The van der Waals surface area contributed by atoms with E-state index < -0.39 is 0 Å². The molecular formula is C21H27N3OS. The van der Waals surface area contributed by atoms with Crippen LogP contribution >= 0.6 is 11.3 Å². The molecule has 4 nitrogen and oxygen atoms in total. The number of hydrogen-bond acceptors (Lipinski definition) is 4. The Bertz CT molecular complexity index is 754. The second kappa shape index (κ2) is 7.49. The first-order chi connectivity index (χ1) is 12.6. The first kappa shape index (κ1) is 17.7. The van der Waals surface area contributed by atoms with Crippen LogP contribution in [0.1, 0.15) is 48.7 Å². The minimum Gasteiger partial charge on any atom is -0.337 e. The van der Waals surface area contributed by atoms with Crippen LogP contribution in [0.15, 0.2) is 29.6 Å². The van der Waals surface area contributed by atoms with Gasteiger partial charge in [-0.3, -0.25) is 4.79 Å². The number of nitrogens with zero attached hydrogens (tertiary/aromatic N) is 2. The fraction of sp³-hybridized carbons (Fsp3) is 0.524. The monoisotopic (exact) mass is 369 g/mol. The molecule has 2 aliphatic rings. The summed E-state index contributed by atoms with van der Waals surface area (Å²) in [5.41, 5.74) is 3.02. The maximum Gasteiger partial charge on any atom is 0.273 e. The Balaban J connectivity index is 1.46. The van der Waals surface area contributed by atoms with Gasteiger partial charge in [0.05, 0.1) is 0 Å². The van der Waals surface area contributed by atoms with Crippen LogP contribution in [0.5, 0.6) is 0 Å². The Morgan fingerprint density at radius 3 is 2.42 bits per heavy atom. The molecule has 26 heavy (non-hydrogen) atoms.